The number of hydrogen-bond donors (Lipinski definition) is 1. The van der Waals surface area contributed by atoms with E-state index in [9.17, 15) is 4.79 Å². The standard InChI is InChI=1S/C27H46OS2/c1-3-4-5-6-7-8-9-10-11-12-13-14-15-16-17-21-24-27(2,30-29)26(28)25-22-19-18-20-23-25/h18-20,22-23,29H,3-17,21,24H2,1-2H3. The Morgan fingerprint density at radius 1 is 0.733 bits per heavy atom. The number of hydrogen-bond acceptors (Lipinski definition) is 3. The Kier molecular flexibility index (Phi) is 16.7. The van der Waals surface area contributed by atoms with Crippen molar-refractivity contribution >= 4 is 28.2 Å². The Hall–Kier alpha value is -0.410. The molecular weight excluding hydrogens is 404 g/mol. The molecule has 1 unspecified atom stereocenters. The van der Waals surface area contributed by atoms with Crippen LogP contribution in [0.1, 0.15) is 133 Å². The number of carbonyl (C=O) groups excluding carboxylic acids is 1. The quantitative estimate of drug-likeness (QED) is 0.0921. The van der Waals surface area contributed by atoms with Gasteiger partial charge < -0.3 is 0 Å². The minimum Gasteiger partial charge on any atom is -0.293 e. The molecule has 30 heavy (non-hydrogen) atoms. The zero-order valence-corrected chi connectivity index (χ0v) is 21.4. The second kappa shape index (κ2) is 18.2. The third-order valence-corrected chi connectivity index (χ3v) is 8.23. The maximum Gasteiger partial charge on any atom is 0.179 e. The Balaban J connectivity index is 1.97. The average molecular weight is 451 g/mol. The lowest BCUT2D eigenvalue weighted by Crippen LogP contribution is -2.30. The molecule has 0 spiro atoms. The molecule has 0 heterocycles. The smallest absolute Gasteiger partial charge is 0.179 e. The van der Waals surface area contributed by atoms with Crippen LogP contribution in [0.15, 0.2) is 30.3 Å². The van der Waals surface area contributed by atoms with Crippen molar-refractivity contribution in [3.8, 4) is 0 Å². The monoisotopic (exact) mass is 450 g/mol. The molecule has 172 valence electrons. The minimum atomic E-state index is -0.416. The minimum absolute atomic E-state index is 0.212. The first kappa shape index (κ1) is 27.6. The Bertz CT molecular complexity index is 531. The fourth-order valence-corrected chi connectivity index (χ4v) is 5.06. The van der Waals surface area contributed by atoms with Crippen molar-refractivity contribution in [2.24, 2.45) is 0 Å². The van der Waals surface area contributed by atoms with Crippen LogP contribution in [0.3, 0.4) is 0 Å². The zero-order valence-electron chi connectivity index (χ0n) is 19.7. The summed E-state index contributed by atoms with van der Waals surface area (Å²) >= 11 is 4.42. The average Bonchev–Trinajstić information content (AvgIpc) is 2.78. The highest BCUT2D eigenvalue weighted by Gasteiger charge is 2.33. The number of benzene rings is 1. The lowest BCUT2D eigenvalue weighted by molar-refractivity contribution is 0.0945. The van der Waals surface area contributed by atoms with Crippen molar-refractivity contribution in [3.05, 3.63) is 35.9 Å². The van der Waals surface area contributed by atoms with Crippen LogP contribution in [0.4, 0.5) is 0 Å². The fraction of sp³-hybridized carbons (Fsp3) is 0.741. The van der Waals surface area contributed by atoms with Gasteiger partial charge in [-0.05, 0) is 13.3 Å². The van der Waals surface area contributed by atoms with Gasteiger partial charge in [-0.25, -0.2) is 0 Å². The summed E-state index contributed by atoms with van der Waals surface area (Å²) in [4.78, 5) is 12.8. The van der Waals surface area contributed by atoms with E-state index in [0.29, 0.717) is 0 Å². The van der Waals surface area contributed by atoms with Gasteiger partial charge in [0.15, 0.2) is 5.78 Å². The maximum atomic E-state index is 12.8. The van der Waals surface area contributed by atoms with Gasteiger partial charge in [0.2, 0.25) is 0 Å². The fourth-order valence-electron chi connectivity index (χ4n) is 4.11. The molecule has 0 fully saturated rings. The normalized spacial score (nSPS) is 13.3. The molecule has 1 aromatic rings. The van der Waals surface area contributed by atoms with Crippen molar-refractivity contribution < 1.29 is 4.79 Å². The highest BCUT2D eigenvalue weighted by atomic mass is 33.1. The molecule has 1 nitrogen and oxygen atoms in total. The summed E-state index contributed by atoms with van der Waals surface area (Å²) in [5.74, 6) is 0.212. The van der Waals surface area contributed by atoms with Crippen molar-refractivity contribution in [2.75, 3.05) is 0 Å². The molecule has 1 atom stereocenters. The number of Topliss-reactive ketones (excluding diaryl/α,β-unsaturated/α-hetero) is 1. The molecule has 0 saturated carbocycles. The molecule has 0 amide bonds. The summed E-state index contributed by atoms with van der Waals surface area (Å²) in [6.07, 6.45) is 22.9. The molecule has 3 heteroatoms. The summed E-state index contributed by atoms with van der Waals surface area (Å²) in [5, 5.41) is 0. The van der Waals surface area contributed by atoms with Gasteiger partial charge in [0.05, 0.1) is 4.75 Å². The first-order chi connectivity index (χ1) is 14.6. The first-order valence-electron chi connectivity index (χ1n) is 12.6. The Labute approximate surface area is 196 Å². The van der Waals surface area contributed by atoms with Gasteiger partial charge in [-0.15, -0.1) is 11.7 Å². The van der Waals surface area contributed by atoms with Gasteiger partial charge >= 0.3 is 0 Å². The van der Waals surface area contributed by atoms with Crippen LogP contribution >= 0.6 is 22.5 Å². The van der Waals surface area contributed by atoms with Crippen LogP contribution in [0, 0.1) is 0 Å². The first-order valence-corrected chi connectivity index (χ1v) is 14.4. The van der Waals surface area contributed by atoms with Gasteiger partial charge in [-0.3, -0.25) is 4.79 Å². The van der Waals surface area contributed by atoms with Crippen molar-refractivity contribution in [3.63, 3.8) is 0 Å². The van der Waals surface area contributed by atoms with Gasteiger partial charge in [-0.1, -0.05) is 151 Å². The van der Waals surface area contributed by atoms with Crippen LogP contribution in [0.2, 0.25) is 0 Å². The van der Waals surface area contributed by atoms with Crippen LogP contribution in [0.25, 0.3) is 0 Å². The van der Waals surface area contributed by atoms with Crippen LogP contribution in [-0.4, -0.2) is 10.5 Å². The number of ketones is 1. The Morgan fingerprint density at radius 3 is 1.53 bits per heavy atom. The lowest BCUT2D eigenvalue weighted by Gasteiger charge is -2.25. The third-order valence-electron chi connectivity index (χ3n) is 6.23. The van der Waals surface area contributed by atoms with Crippen LogP contribution in [-0.2, 0) is 0 Å². The van der Waals surface area contributed by atoms with Crippen LogP contribution in [0.5, 0.6) is 0 Å². The highest BCUT2D eigenvalue weighted by molar-refractivity contribution is 8.69. The summed E-state index contributed by atoms with van der Waals surface area (Å²) in [5.41, 5.74) is 0.804. The molecule has 1 aromatic carbocycles. The predicted molar refractivity (Wildman–Crippen MR) is 140 cm³/mol. The predicted octanol–water partition coefficient (Wildman–Crippen LogP) is 9.86. The zero-order chi connectivity index (χ0) is 21.9. The highest BCUT2D eigenvalue weighted by Crippen LogP contribution is 2.36. The van der Waals surface area contributed by atoms with E-state index >= 15 is 0 Å². The number of carbonyl (C=O) groups is 1. The molecule has 0 aromatic heterocycles. The summed E-state index contributed by atoms with van der Waals surface area (Å²) in [7, 11) is 1.41. The van der Waals surface area contributed by atoms with Crippen molar-refractivity contribution in [2.45, 2.75) is 128 Å². The molecule has 0 aliphatic carbocycles. The SMILES string of the molecule is CCCCCCCCCCCCCCCCCCC(C)(SS)C(=O)c1ccccc1. The van der Waals surface area contributed by atoms with Crippen LogP contribution < -0.4 is 0 Å². The van der Waals surface area contributed by atoms with E-state index in [4.69, 9.17) is 0 Å². The van der Waals surface area contributed by atoms with E-state index in [-0.39, 0.29) is 5.78 Å². The number of thiol groups is 1. The largest absolute Gasteiger partial charge is 0.293 e. The van der Waals surface area contributed by atoms with Gasteiger partial charge in [0.25, 0.3) is 0 Å². The van der Waals surface area contributed by atoms with Gasteiger partial charge in [-0.2, -0.15) is 0 Å². The van der Waals surface area contributed by atoms with E-state index < -0.39 is 4.75 Å². The summed E-state index contributed by atoms with van der Waals surface area (Å²) in [6, 6.07) is 9.66. The number of rotatable bonds is 20. The molecular formula is C27H46OS2. The van der Waals surface area contributed by atoms with E-state index in [1.54, 1.807) is 0 Å². The van der Waals surface area contributed by atoms with E-state index in [0.717, 1.165) is 18.4 Å². The van der Waals surface area contributed by atoms with E-state index in [1.807, 2.05) is 37.3 Å². The van der Waals surface area contributed by atoms with Crippen molar-refractivity contribution in [1.82, 2.24) is 0 Å². The molecule has 1 rings (SSSR count). The summed E-state index contributed by atoms with van der Waals surface area (Å²) < 4.78 is -0.416. The molecule has 0 aliphatic rings. The number of unbranched alkanes of at least 4 members (excludes halogenated alkanes) is 15. The molecule has 0 N–H and O–H groups in total. The van der Waals surface area contributed by atoms with Gasteiger partial charge in [0.1, 0.15) is 0 Å². The summed E-state index contributed by atoms with van der Waals surface area (Å²) in [6.45, 7) is 4.33. The third kappa shape index (κ3) is 12.4. The molecule has 0 bridgehead atoms. The molecule has 0 radical (unpaired) electrons. The maximum absolute atomic E-state index is 12.8. The van der Waals surface area contributed by atoms with Crippen molar-refractivity contribution in [1.29, 1.82) is 0 Å². The van der Waals surface area contributed by atoms with E-state index in [2.05, 4.69) is 18.6 Å². The van der Waals surface area contributed by atoms with E-state index in [1.165, 1.54) is 107 Å². The topological polar surface area (TPSA) is 17.1 Å². The second-order valence-electron chi connectivity index (χ2n) is 9.07. The second-order valence-corrected chi connectivity index (χ2v) is 10.7. The lowest BCUT2D eigenvalue weighted by atomic mass is 9.92. The molecule has 0 saturated heterocycles. The Morgan fingerprint density at radius 2 is 1.13 bits per heavy atom. The van der Waals surface area contributed by atoms with Gasteiger partial charge in [0, 0.05) is 5.56 Å². The molecule has 0 aliphatic heterocycles.